The molecule has 1 aliphatic rings. The number of carboxylic acids is 1. The molecule has 20 heavy (non-hydrogen) atoms. The standard InChI is InChI=1S/C14H18BBrO4/c1-8-6-9(7-10(11(8)16)12(17)18)15-19-13(2,3)14(4,5)20-15/h6-7H,1-5H3,(H,17,18). The summed E-state index contributed by atoms with van der Waals surface area (Å²) < 4.78 is 12.5. The van der Waals surface area contributed by atoms with E-state index in [0.29, 0.717) is 4.47 Å². The maximum atomic E-state index is 11.3. The minimum atomic E-state index is -0.974. The Labute approximate surface area is 127 Å². The molecule has 0 spiro atoms. The predicted molar refractivity (Wildman–Crippen MR) is 81.6 cm³/mol. The highest BCUT2D eigenvalue weighted by atomic mass is 79.9. The first-order valence-corrected chi connectivity index (χ1v) is 7.23. The van der Waals surface area contributed by atoms with E-state index in [0.717, 1.165) is 11.0 Å². The maximum Gasteiger partial charge on any atom is 0.494 e. The van der Waals surface area contributed by atoms with Crippen molar-refractivity contribution in [1.29, 1.82) is 0 Å². The van der Waals surface area contributed by atoms with E-state index >= 15 is 0 Å². The van der Waals surface area contributed by atoms with E-state index in [-0.39, 0.29) is 5.56 Å². The van der Waals surface area contributed by atoms with E-state index < -0.39 is 24.3 Å². The van der Waals surface area contributed by atoms with Crippen LogP contribution in [0.15, 0.2) is 16.6 Å². The highest BCUT2D eigenvalue weighted by Crippen LogP contribution is 2.36. The summed E-state index contributed by atoms with van der Waals surface area (Å²) in [7, 11) is -0.551. The number of aryl methyl sites for hydroxylation is 1. The lowest BCUT2D eigenvalue weighted by Crippen LogP contribution is -2.41. The average Bonchev–Trinajstić information content (AvgIpc) is 2.51. The Morgan fingerprint density at radius 1 is 1.20 bits per heavy atom. The van der Waals surface area contributed by atoms with Crippen molar-refractivity contribution in [2.75, 3.05) is 0 Å². The molecule has 1 aliphatic heterocycles. The van der Waals surface area contributed by atoms with Crippen LogP contribution in [0.25, 0.3) is 0 Å². The van der Waals surface area contributed by atoms with Crippen molar-refractivity contribution in [3.05, 3.63) is 27.7 Å². The molecule has 4 nitrogen and oxygen atoms in total. The van der Waals surface area contributed by atoms with E-state index in [1.807, 2.05) is 40.7 Å². The van der Waals surface area contributed by atoms with Gasteiger partial charge in [0.15, 0.2) is 0 Å². The van der Waals surface area contributed by atoms with Crippen LogP contribution in [0.5, 0.6) is 0 Å². The molecule has 1 aromatic rings. The van der Waals surface area contributed by atoms with Crippen LogP contribution in [-0.2, 0) is 9.31 Å². The van der Waals surface area contributed by atoms with Gasteiger partial charge >= 0.3 is 13.1 Å². The van der Waals surface area contributed by atoms with Crippen molar-refractivity contribution in [3.63, 3.8) is 0 Å². The molecular weight excluding hydrogens is 323 g/mol. The summed E-state index contributed by atoms with van der Waals surface area (Å²) in [6, 6.07) is 3.49. The quantitative estimate of drug-likeness (QED) is 0.841. The molecule has 0 saturated carbocycles. The van der Waals surface area contributed by atoms with Gasteiger partial charge in [-0.2, -0.15) is 0 Å². The normalized spacial score (nSPS) is 20.2. The summed E-state index contributed by atoms with van der Waals surface area (Å²) in [5, 5.41) is 9.25. The van der Waals surface area contributed by atoms with E-state index in [2.05, 4.69) is 15.9 Å². The Kier molecular flexibility index (Phi) is 3.78. The second-order valence-corrected chi connectivity index (χ2v) is 6.89. The van der Waals surface area contributed by atoms with Gasteiger partial charge in [-0.3, -0.25) is 0 Å². The molecule has 0 unspecified atom stereocenters. The van der Waals surface area contributed by atoms with Crippen LogP contribution in [-0.4, -0.2) is 29.4 Å². The highest BCUT2D eigenvalue weighted by molar-refractivity contribution is 9.10. The molecule has 1 aromatic carbocycles. The second-order valence-electron chi connectivity index (χ2n) is 6.09. The lowest BCUT2D eigenvalue weighted by Gasteiger charge is -2.32. The Bertz CT molecular complexity index is 553. The molecule has 6 heteroatoms. The topological polar surface area (TPSA) is 55.8 Å². The Hall–Kier alpha value is -0.845. The molecule has 0 radical (unpaired) electrons. The number of halogens is 1. The van der Waals surface area contributed by atoms with Gasteiger partial charge < -0.3 is 14.4 Å². The fraction of sp³-hybridized carbons (Fsp3) is 0.500. The number of carbonyl (C=O) groups is 1. The van der Waals surface area contributed by atoms with Crippen LogP contribution in [0.3, 0.4) is 0 Å². The SMILES string of the molecule is Cc1cc(B2OC(C)(C)C(C)(C)O2)cc(C(=O)O)c1Br. The summed E-state index contributed by atoms with van der Waals surface area (Å²) in [6.07, 6.45) is 0. The zero-order chi connectivity index (χ0) is 15.3. The van der Waals surface area contributed by atoms with Crippen LogP contribution in [0.1, 0.15) is 43.6 Å². The van der Waals surface area contributed by atoms with Gasteiger partial charge in [-0.15, -0.1) is 0 Å². The van der Waals surface area contributed by atoms with Crippen molar-refractivity contribution < 1.29 is 19.2 Å². The fourth-order valence-electron chi connectivity index (χ4n) is 2.07. The third kappa shape index (κ3) is 2.52. The Morgan fingerprint density at radius 3 is 2.15 bits per heavy atom. The van der Waals surface area contributed by atoms with Gasteiger partial charge in [0, 0.05) is 4.47 Å². The minimum absolute atomic E-state index is 0.217. The predicted octanol–water partition coefficient (Wildman–Crippen LogP) is 2.75. The highest BCUT2D eigenvalue weighted by Gasteiger charge is 2.51. The third-order valence-corrected chi connectivity index (χ3v) is 5.09. The number of hydrogen-bond donors (Lipinski definition) is 1. The first-order chi connectivity index (χ1) is 9.05. The third-order valence-electron chi connectivity index (χ3n) is 4.03. The van der Waals surface area contributed by atoms with E-state index in [1.165, 1.54) is 0 Å². The van der Waals surface area contributed by atoms with E-state index in [9.17, 15) is 9.90 Å². The zero-order valence-electron chi connectivity index (χ0n) is 12.3. The van der Waals surface area contributed by atoms with Gasteiger partial charge in [0.25, 0.3) is 0 Å². The Morgan fingerprint density at radius 2 is 1.70 bits per heavy atom. The molecule has 1 fully saturated rings. The van der Waals surface area contributed by atoms with E-state index in [4.69, 9.17) is 9.31 Å². The first kappa shape index (κ1) is 15.5. The summed E-state index contributed by atoms with van der Waals surface area (Å²) >= 11 is 3.31. The van der Waals surface area contributed by atoms with Crippen molar-refractivity contribution >= 4 is 34.5 Å². The molecule has 0 aromatic heterocycles. The zero-order valence-corrected chi connectivity index (χ0v) is 13.9. The van der Waals surface area contributed by atoms with Crippen LogP contribution in [0.4, 0.5) is 0 Å². The summed E-state index contributed by atoms with van der Waals surface area (Å²) in [5.41, 5.74) is 0.899. The first-order valence-electron chi connectivity index (χ1n) is 6.44. The van der Waals surface area contributed by atoms with Crippen LogP contribution in [0, 0.1) is 6.92 Å². The average molecular weight is 341 g/mol. The van der Waals surface area contributed by atoms with Gasteiger partial charge in [-0.1, -0.05) is 6.07 Å². The van der Waals surface area contributed by atoms with Crippen molar-refractivity contribution in [3.8, 4) is 0 Å². The van der Waals surface area contributed by atoms with Crippen LogP contribution in [0.2, 0.25) is 0 Å². The maximum absolute atomic E-state index is 11.3. The van der Waals surface area contributed by atoms with Crippen molar-refractivity contribution in [2.45, 2.75) is 45.8 Å². The largest absolute Gasteiger partial charge is 0.494 e. The number of rotatable bonds is 2. The summed E-state index contributed by atoms with van der Waals surface area (Å²) in [6.45, 7) is 9.73. The fourth-order valence-corrected chi connectivity index (χ4v) is 2.47. The van der Waals surface area contributed by atoms with Crippen molar-refractivity contribution in [2.24, 2.45) is 0 Å². The smallest absolute Gasteiger partial charge is 0.478 e. The van der Waals surface area contributed by atoms with Crippen LogP contribution < -0.4 is 5.46 Å². The monoisotopic (exact) mass is 340 g/mol. The minimum Gasteiger partial charge on any atom is -0.478 e. The number of hydrogen-bond acceptors (Lipinski definition) is 3. The second kappa shape index (κ2) is 4.86. The van der Waals surface area contributed by atoms with E-state index in [1.54, 1.807) is 6.07 Å². The van der Waals surface area contributed by atoms with Gasteiger partial charge in [0.2, 0.25) is 0 Å². The number of benzene rings is 1. The number of carboxylic acid groups (broad SMARTS) is 1. The molecule has 1 saturated heterocycles. The molecule has 1 N–H and O–H groups in total. The molecule has 0 amide bonds. The molecule has 0 atom stereocenters. The van der Waals surface area contributed by atoms with Gasteiger partial charge in [-0.05, 0) is 67.6 Å². The lowest BCUT2D eigenvalue weighted by atomic mass is 9.77. The molecule has 108 valence electrons. The lowest BCUT2D eigenvalue weighted by molar-refractivity contribution is 0.00578. The molecule has 1 heterocycles. The molecular formula is C14H18BBrO4. The molecule has 0 bridgehead atoms. The molecule has 0 aliphatic carbocycles. The molecule has 2 rings (SSSR count). The van der Waals surface area contributed by atoms with Gasteiger partial charge in [0.1, 0.15) is 0 Å². The van der Waals surface area contributed by atoms with Gasteiger partial charge in [-0.25, -0.2) is 4.79 Å². The van der Waals surface area contributed by atoms with Gasteiger partial charge in [0.05, 0.1) is 16.8 Å². The summed E-state index contributed by atoms with van der Waals surface area (Å²) in [5.74, 6) is -0.974. The van der Waals surface area contributed by atoms with Crippen molar-refractivity contribution in [1.82, 2.24) is 0 Å². The summed E-state index contributed by atoms with van der Waals surface area (Å²) in [4.78, 5) is 11.3. The van der Waals surface area contributed by atoms with Crippen LogP contribution >= 0.6 is 15.9 Å². The Balaban J connectivity index is 2.43. The number of aromatic carboxylic acids is 1.